The summed E-state index contributed by atoms with van der Waals surface area (Å²) in [6.07, 6.45) is 6.90. The Balaban J connectivity index is 1.35. The Morgan fingerprint density at radius 3 is 1.74 bits per heavy atom. The highest BCUT2D eigenvalue weighted by Crippen LogP contribution is 2.37. The van der Waals surface area contributed by atoms with Gasteiger partial charge in [0, 0.05) is 52.1 Å². The fourth-order valence-electron chi connectivity index (χ4n) is 5.36. The van der Waals surface area contributed by atoms with Crippen LogP contribution in [0.5, 0.6) is 0 Å². The Hall–Kier alpha value is -5.95. The van der Waals surface area contributed by atoms with Gasteiger partial charge in [-0.1, -0.05) is 60.7 Å². The molecule has 196 valence electrons. The van der Waals surface area contributed by atoms with E-state index in [1.165, 1.54) is 16.2 Å². The second-order valence-corrected chi connectivity index (χ2v) is 9.87. The summed E-state index contributed by atoms with van der Waals surface area (Å²) in [6.45, 7) is 0. The van der Waals surface area contributed by atoms with Crippen LogP contribution in [0.1, 0.15) is 0 Å². The summed E-state index contributed by atoms with van der Waals surface area (Å²) in [5.74, 6) is 1.56. The fourth-order valence-corrected chi connectivity index (χ4v) is 5.36. The molecule has 0 N–H and O–H groups in total. The van der Waals surface area contributed by atoms with Crippen molar-refractivity contribution in [1.29, 1.82) is 0 Å². The molecule has 3 aromatic carbocycles. The normalized spacial score (nSPS) is 11.3. The van der Waals surface area contributed by atoms with E-state index in [1.807, 2.05) is 48.5 Å². The maximum atomic E-state index is 5.12. The SMILES string of the molecule is c1cc(-c2nc(-c3ccncc3)nc(-c3ccncc3)n2)nc(-c2nc3ccccc3c3c2ccc2ccccc23)c1. The van der Waals surface area contributed by atoms with E-state index in [4.69, 9.17) is 24.9 Å². The quantitative estimate of drug-likeness (QED) is 0.213. The zero-order valence-electron chi connectivity index (χ0n) is 22.3. The molecule has 0 aliphatic heterocycles. The molecule has 0 unspecified atom stereocenters. The topological polar surface area (TPSA) is 90.2 Å². The molecule has 0 saturated carbocycles. The Morgan fingerprint density at radius 1 is 0.381 bits per heavy atom. The van der Waals surface area contributed by atoms with Crippen LogP contribution in [-0.2, 0) is 0 Å². The van der Waals surface area contributed by atoms with Crippen LogP contribution in [0.15, 0.2) is 128 Å². The zero-order valence-corrected chi connectivity index (χ0v) is 22.3. The zero-order chi connectivity index (χ0) is 27.9. The number of pyridine rings is 4. The van der Waals surface area contributed by atoms with E-state index < -0.39 is 0 Å². The summed E-state index contributed by atoms with van der Waals surface area (Å²) >= 11 is 0. The van der Waals surface area contributed by atoms with E-state index in [1.54, 1.807) is 24.8 Å². The highest BCUT2D eigenvalue weighted by Gasteiger charge is 2.17. The standard InChI is InChI=1S/C35H21N7/c1-2-7-25-22(6-1)12-13-27-31(25)26-8-3-4-9-28(26)39-32(27)29-10-5-11-30(38-29)35-41-33(23-14-18-36-19-15-23)40-34(42-35)24-16-20-37-21-17-24/h1-21H. The highest BCUT2D eigenvalue weighted by atomic mass is 15.0. The Kier molecular flexibility index (Phi) is 5.64. The minimum atomic E-state index is 0.473. The van der Waals surface area contributed by atoms with Crippen LogP contribution in [0.2, 0.25) is 0 Å². The van der Waals surface area contributed by atoms with E-state index in [-0.39, 0.29) is 0 Å². The molecule has 42 heavy (non-hydrogen) atoms. The van der Waals surface area contributed by atoms with Gasteiger partial charge >= 0.3 is 0 Å². The van der Waals surface area contributed by atoms with Crippen LogP contribution in [0.4, 0.5) is 0 Å². The Bertz CT molecular complexity index is 2180. The van der Waals surface area contributed by atoms with Crippen molar-refractivity contribution >= 4 is 32.4 Å². The van der Waals surface area contributed by atoms with Gasteiger partial charge in [-0.3, -0.25) is 9.97 Å². The summed E-state index contributed by atoms with van der Waals surface area (Å²) < 4.78 is 0. The van der Waals surface area contributed by atoms with Crippen LogP contribution < -0.4 is 0 Å². The van der Waals surface area contributed by atoms with Crippen LogP contribution in [0, 0.1) is 0 Å². The molecule has 5 heterocycles. The van der Waals surface area contributed by atoms with Crippen molar-refractivity contribution in [2.24, 2.45) is 0 Å². The number of hydrogen-bond acceptors (Lipinski definition) is 7. The molecule has 7 nitrogen and oxygen atoms in total. The lowest BCUT2D eigenvalue weighted by atomic mass is 9.96. The minimum Gasteiger partial charge on any atom is -0.265 e. The number of benzene rings is 3. The third kappa shape index (κ3) is 4.12. The van der Waals surface area contributed by atoms with Crippen molar-refractivity contribution in [2.45, 2.75) is 0 Å². The number of rotatable bonds is 4. The molecule has 7 heteroatoms. The molecule has 8 rings (SSSR count). The van der Waals surface area contributed by atoms with Gasteiger partial charge in [-0.2, -0.15) is 0 Å². The lowest BCUT2D eigenvalue weighted by Crippen LogP contribution is -2.02. The first kappa shape index (κ1) is 23.9. The monoisotopic (exact) mass is 539 g/mol. The molecule has 0 spiro atoms. The molecular weight excluding hydrogens is 518 g/mol. The minimum absolute atomic E-state index is 0.473. The number of hydrogen-bond donors (Lipinski definition) is 0. The third-order valence-electron chi connectivity index (χ3n) is 7.32. The van der Waals surface area contributed by atoms with Gasteiger partial charge in [0.05, 0.1) is 16.9 Å². The maximum Gasteiger partial charge on any atom is 0.182 e. The van der Waals surface area contributed by atoms with E-state index in [0.717, 1.165) is 38.8 Å². The van der Waals surface area contributed by atoms with Crippen molar-refractivity contribution in [1.82, 2.24) is 34.9 Å². The molecule has 0 bridgehead atoms. The first-order chi connectivity index (χ1) is 20.8. The molecule has 0 aliphatic rings. The van der Waals surface area contributed by atoms with Gasteiger partial charge in [-0.15, -0.1) is 0 Å². The molecular formula is C35H21N7. The lowest BCUT2D eigenvalue weighted by molar-refractivity contribution is 1.06. The van der Waals surface area contributed by atoms with Crippen molar-refractivity contribution in [3.8, 4) is 45.7 Å². The van der Waals surface area contributed by atoms with Gasteiger partial charge in [0.1, 0.15) is 5.69 Å². The van der Waals surface area contributed by atoms with Crippen molar-refractivity contribution in [2.75, 3.05) is 0 Å². The predicted molar refractivity (Wildman–Crippen MR) is 165 cm³/mol. The van der Waals surface area contributed by atoms with E-state index in [0.29, 0.717) is 23.2 Å². The number of fused-ring (bicyclic) bond motifs is 5. The third-order valence-corrected chi connectivity index (χ3v) is 7.32. The smallest absolute Gasteiger partial charge is 0.182 e. The molecule has 5 aromatic heterocycles. The first-order valence-corrected chi connectivity index (χ1v) is 13.6. The fraction of sp³-hybridized carbons (Fsp3) is 0. The summed E-state index contributed by atoms with van der Waals surface area (Å²) in [5, 5.41) is 5.70. The van der Waals surface area contributed by atoms with Gasteiger partial charge in [-0.25, -0.2) is 24.9 Å². The molecule has 0 radical (unpaired) electrons. The van der Waals surface area contributed by atoms with Crippen molar-refractivity contribution in [3.63, 3.8) is 0 Å². The molecule has 0 saturated heterocycles. The van der Waals surface area contributed by atoms with Gasteiger partial charge in [0.25, 0.3) is 0 Å². The predicted octanol–water partition coefficient (Wildman–Crippen LogP) is 7.58. The molecule has 0 atom stereocenters. The number of nitrogens with zero attached hydrogens (tertiary/aromatic N) is 7. The lowest BCUT2D eigenvalue weighted by Gasteiger charge is -2.13. The maximum absolute atomic E-state index is 5.12. The van der Waals surface area contributed by atoms with Gasteiger partial charge in [0.2, 0.25) is 0 Å². The summed E-state index contributed by atoms with van der Waals surface area (Å²) in [4.78, 5) is 32.9. The number of aromatic nitrogens is 7. The van der Waals surface area contributed by atoms with Crippen LogP contribution in [-0.4, -0.2) is 34.9 Å². The molecule has 0 fully saturated rings. The van der Waals surface area contributed by atoms with Crippen molar-refractivity contribution in [3.05, 3.63) is 128 Å². The van der Waals surface area contributed by atoms with Crippen molar-refractivity contribution < 1.29 is 0 Å². The van der Waals surface area contributed by atoms with Gasteiger partial charge < -0.3 is 0 Å². The largest absolute Gasteiger partial charge is 0.265 e. The van der Waals surface area contributed by atoms with E-state index >= 15 is 0 Å². The Morgan fingerprint density at radius 2 is 1.00 bits per heavy atom. The summed E-state index contributed by atoms with van der Waals surface area (Å²) in [7, 11) is 0. The molecule has 0 amide bonds. The van der Waals surface area contributed by atoms with Gasteiger partial charge in [-0.05, 0) is 53.2 Å². The highest BCUT2D eigenvalue weighted by molar-refractivity contribution is 6.22. The van der Waals surface area contributed by atoms with E-state index in [2.05, 4.69) is 64.6 Å². The van der Waals surface area contributed by atoms with Gasteiger partial charge in [0.15, 0.2) is 17.5 Å². The first-order valence-electron chi connectivity index (χ1n) is 13.6. The average Bonchev–Trinajstić information content (AvgIpc) is 3.08. The molecule has 8 aromatic rings. The molecule has 0 aliphatic carbocycles. The second-order valence-electron chi connectivity index (χ2n) is 9.87. The van der Waals surface area contributed by atoms with E-state index in [9.17, 15) is 0 Å². The average molecular weight is 540 g/mol. The summed E-state index contributed by atoms with van der Waals surface area (Å²) in [6, 6.07) is 34.4. The van der Waals surface area contributed by atoms with Crippen LogP contribution >= 0.6 is 0 Å². The Labute approximate surface area is 240 Å². The second kappa shape index (κ2) is 9.91. The summed E-state index contributed by atoms with van der Waals surface area (Å²) in [5.41, 5.74) is 4.79. The van der Waals surface area contributed by atoms with Crippen LogP contribution in [0.25, 0.3) is 78.1 Å². The number of para-hydroxylation sites is 1. The van der Waals surface area contributed by atoms with Crippen LogP contribution in [0.3, 0.4) is 0 Å².